The predicted molar refractivity (Wildman–Crippen MR) is 81.2 cm³/mol. The lowest BCUT2D eigenvalue weighted by Gasteiger charge is -2.07. The largest absolute Gasteiger partial charge is 0.478 e. The predicted octanol–water partition coefficient (Wildman–Crippen LogP) is 3.15. The molecule has 2 rings (SSSR count). The van der Waals surface area contributed by atoms with Crippen LogP contribution in [0.3, 0.4) is 0 Å². The Labute approximate surface area is 127 Å². The number of halogens is 1. The van der Waals surface area contributed by atoms with Crippen LogP contribution in [0.4, 0.5) is 0 Å². The third-order valence-electron chi connectivity index (χ3n) is 2.92. The van der Waals surface area contributed by atoms with Gasteiger partial charge in [-0.3, -0.25) is 0 Å². The van der Waals surface area contributed by atoms with Gasteiger partial charge in [-0.15, -0.1) is 0 Å². The molecule has 110 valence electrons. The van der Waals surface area contributed by atoms with Gasteiger partial charge in [0.05, 0.1) is 17.1 Å². The molecule has 4 nitrogen and oxygen atoms in total. The first kappa shape index (κ1) is 15.5. The zero-order valence-corrected chi connectivity index (χ0v) is 12.6. The molecule has 0 saturated carbocycles. The fourth-order valence-electron chi connectivity index (χ4n) is 1.90. The van der Waals surface area contributed by atoms with E-state index < -0.39 is 15.8 Å². The van der Waals surface area contributed by atoms with Crippen LogP contribution in [0.25, 0.3) is 0 Å². The van der Waals surface area contributed by atoms with E-state index >= 15 is 0 Å². The average Bonchev–Trinajstić information content (AvgIpc) is 2.41. The summed E-state index contributed by atoms with van der Waals surface area (Å²) in [6, 6.07) is 12.6. The van der Waals surface area contributed by atoms with Gasteiger partial charge < -0.3 is 5.11 Å². The highest BCUT2D eigenvalue weighted by molar-refractivity contribution is 7.89. The van der Waals surface area contributed by atoms with E-state index in [1.54, 1.807) is 24.3 Å². The summed E-state index contributed by atoms with van der Waals surface area (Å²) in [5.74, 6) is -1.34. The van der Waals surface area contributed by atoms with Crippen LogP contribution in [0, 0.1) is 0 Å². The lowest BCUT2D eigenvalue weighted by molar-refractivity contribution is 0.0697. The molecule has 0 heterocycles. The quantitative estimate of drug-likeness (QED) is 0.917. The normalized spacial score (nSPS) is 11.3. The van der Waals surface area contributed by atoms with Crippen molar-refractivity contribution in [1.29, 1.82) is 0 Å². The van der Waals surface area contributed by atoms with Gasteiger partial charge in [0.1, 0.15) is 0 Å². The summed E-state index contributed by atoms with van der Waals surface area (Å²) in [6.45, 7) is 0. The van der Waals surface area contributed by atoms with E-state index in [0.29, 0.717) is 16.1 Å². The Hall–Kier alpha value is -1.85. The maximum atomic E-state index is 12.2. The molecule has 0 aliphatic carbocycles. The number of hydrogen-bond acceptors (Lipinski definition) is 3. The number of carboxylic acid groups (broad SMARTS) is 1. The molecule has 0 amide bonds. The van der Waals surface area contributed by atoms with Gasteiger partial charge in [0.25, 0.3) is 0 Å². The SMILES string of the molecule is O=C(O)c1ccc(CS(=O)(=O)Cc2ccccc2Cl)cc1. The maximum Gasteiger partial charge on any atom is 0.335 e. The first-order valence-corrected chi connectivity index (χ1v) is 8.33. The van der Waals surface area contributed by atoms with Crippen LogP contribution < -0.4 is 0 Å². The summed E-state index contributed by atoms with van der Waals surface area (Å²) in [7, 11) is -3.38. The third-order valence-corrected chi connectivity index (χ3v) is 4.81. The zero-order valence-electron chi connectivity index (χ0n) is 11.0. The Kier molecular flexibility index (Phi) is 4.65. The molecule has 1 N–H and O–H groups in total. The van der Waals surface area contributed by atoms with Gasteiger partial charge in [-0.25, -0.2) is 13.2 Å². The molecule has 0 spiro atoms. The monoisotopic (exact) mass is 324 g/mol. The van der Waals surface area contributed by atoms with Crippen molar-refractivity contribution in [3.05, 3.63) is 70.2 Å². The standard InChI is InChI=1S/C15H13ClO4S/c16-14-4-2-1-3-13(14)10-21(19,20)9-11-5-7-12(8-6-11)15(17)18/h1-8H,9-10H2,(H,17,18). The van der Waals surface area contributed by atoms with Crippen LogP contribution in [-0.4, -0.2) is 19.5 Å². The van der Waals surface area contributed by atoms with E-state index in [-0.39, 0.29) is 17.1 Å². The highest BCUT2D eigenvalue weighted by Gasteiger charge is 2.15. The number of sulfone groups is 1. The van der Waals surface area contributed by atoms with Crippen molar-refractivity contribution < 1.29 is 18.3 Å². The second-order valence-corrected chi connectivity index (χ2v) is 7.10. The number of hydrogen-bond donors (Lipinski definition) is 1. The number of carbonyl (C=O) groups is 1. The zero-order chi connectivity index (χ0) is 15.5. The first-order valence-electron chi connectivity index (χ1n) is 6.13. The fraction of sp³-hybridized carbons (Fsp3) is 0.133. The van der Waals surface area contributed by atoms with Gasteiger partial charge in [-0.05, 0) is 29.3 Å². The first-order chi connectivity index (χ1) is 9.87. The van der Waals surface area contributed by atoms with Crippen molar-refractivity contribution in [1.82, 2.24) is 0 Å². The molecule has 0 radical (unpaired) electrons. The Bertz CT molecular complexity index is 751. The molecular formula is C15H13ClO4S. The Morgan fingerprint density at radius 3 is 2.19 bits per heavy atom. The number of rotatable bonds is 5. The third kappa shape index (κ3) is 4.31. The second kappa shape index (κ2) is 6.28. The van der Waals surface area contributed by atoms with E-state index in [1.165, 1.54) is 24.3 Å². The molecule has 0 aromatic heterocycles. The van der Waals surface area contributed by atoms with Gasteiger partial charge in [-0.2, -0.15) is 0 Å². The maximum absolute atomic E-state index is 12.2. The molecule has 0 saturated heterocycles. The summed E-state index contributed by atoms with van der Waals surface area (Å²) in [5, 5.41) is 9.22. The molecule has 0 unspecified atom stereocenters. The lowest BCUT2D eigenvalue weighted by Crippen LogP contribution is -2.08. The smallest absolute Gasteiger partial charge is 0.335 e. The molecule has 0 atom stereocenters. The van der Waals surface area contributed by atoms with Gasteiger partial charge in [0, 0.05) is 5.02 Å². The van der Waals surface area contributed by atoms with Crippen molar-refractivity contribution in [3.8, 4) is 0 Å². The molecule has 2 aromatic carbocycles. The van der Waals surface area contributed by atoms with Gasteiger partial charge >= 0.3 is 5.97 Å². The van der Waals surface area contributed by atoms with Crippen molar-refractivity contribution in [2.24, 2.45) is 0 Å². The molecule has 6 heteroatoms. The van der Waals surface area contributed by atoms with Gasteiger partial charge in [-0.1, -0.05) is 41.9 Å². The minimum atomic E-state index is -3.38. The molecule has 21 heavy (non-hydrogen) atoms. The summed E-state index contributed by atoms with van der Waals surface area (Å²) in [6.07, 6.45) is 0. The Morgan fingerprint density at radius 1 is 1.00 bits per heavy atom. The van der Waals surface area contributed by atoms with Gasteiger partial charge in [0.15, 0.2) is 9.84 Å². The van der Waals surface area contributed by atoms with Crippen molar-refractivity contribution in [2.45, 2.75) is 11.5 Å². The van der Waals surface area contributed by atoms with Crippen molar-refractivity contribution in [2.75, 3.05) is 0 Å². The van der Waals surface area contributed by atoms with E-state index in [1.807, 2.05) is 0 Å². The molecule has 2 aromatic rings. The molecular weight excluding hydrogens is 312 g/mol. The van der Waals surface area contributed by atoms with E-state index in [2.05, 4.69) is 0 Å². The van der Waals surface area contributed by atoms with Crippen LogP contribution in [0.5, 0.6) is 0 Å². The number of aromatic carboxylic acids is 1. The summed E-state index contributed by atoms with van der Waals surface area (Å²) in [5.41, 5.74) is 1.23. The second-order valence-electron chi connectivity index (χ2n) is 4.63. The lowest BCUT2D eigenvalue weighted by atomic mass is 10.1. The van der Waals surface area contributed by atoms with E-state index in [4.69, 9.17) is 16.7 Å². The summed E-state index contributed by atoms with van der Waals surface area (Å²) >= 11 is 5.96. The average molecular weight is 325 g/mol. The minimum absolute atomic E-state index is 0.127. The fourth-order valence-corrected chi connectivity index (χ4v) is 3.71. The topological polar surface area (TPSA) is 71.4 Å². The number of benzene rings is 2. The van der Waals surface area contributed by atoms with Crippen LogP contribution in [-0.2, 0) is 21.3 Å². The van der Waals surface area contributed by atoms with Crippen LogP contribution in [0.1, 0.15) is 21.5 Å². The Balaban J connectivity index is 2.14. The highest BCUT2D eigenvalue weighted by Crippen LogP contribution is 2.20. The van der Waals surface area contributed by atoms with Crippen LogP contribution in [0.15, 0.2) is 48.5 Å². The van der Waals surface area contributed by atoms with E-state index in [0.717, 1.165) is 0 Å². The minimum Gasteiger partial charge on any atom is -0.478 e. The van der Waals surface area contributed by atoms with Crippen LogP contribution in [0.2, 0.25) is 5.02 Å². The molecule has 0 aliphatic rings. The van der Waals surface area contributed by atoms with Gasteiger partial charge in [0.2, 0.25) is 0 Å². The highest BCUT2D eigenvalue weighted by atomic mass is 35.5. The summed E-state index contributed by atoms with van der Waals surface area (Å²) in [4.78, 5) is 10.7. The Morgan fingerprint density at radius 2 is 1.62 bits per heavy atom. The number of carboxylic acids is 1. The van der Waals surface area contributed by atoms with E-state index in [9.17, 15) is 13.2 Å². The molecule has 0 aliphatic heterocycles. The summed E-state index contributed by atoms with van der Waals surface area (Å²) < 4.78 is 24.3. The van der Waals surface area contributed by atoms with Crippen molar-refractivity contribution >= 4 is 27.4 Å². The molecule has 0 bridgehead atoms. The van der Waals surface area contributed by atoms with Crippen molar-refractivity contribution in [3.63, 3.8) is 0 Å². The van der Waals surface area contributed by atoms with Crippen LogP contribution >= 0.6 is 11.6 Å². The molecule has 0 fully saturated rings.